The lowest BCUT2D eigenvalue weighted by atomic mass is 10.1. The van der Waals surface area contributed by atoms with Crippen LogP contribution in [0.1, 0.15) is 24.2 Å². The van der Waals surface area contributed by atoms with Gasteiger partial charge in [-0.15, -0.1) is 0 Å². The Morgan fingerprint density at radius 3 is 2.33 bits per heavy atom. The summed E-state index contributed by atoms with van der Waals surface area (Å²) in [4.78, 5) is 6.90. The first-order valence-corrected chi connectivity index (χ1v) is 8.67. The summed E-state index contributed by atoms with van der Waals surface area (Å²) in [6.45, 7) is 2.84. The Bertz CT molecular complexity index is 682. The van der Waals surface area contributed by atoms with E-state index in [-0.39, 0.29) is 6.04 Å². The zero-order valence-electron chi connectivity index (χ0n) is 12.5. The third-order valence-corrected chi connectivity index (χ3v) is 4.69. The van der Waals surface area contributed by atoms with Gasteiger partial charge in [-0.2, -0.15) is 0 Å². The largest absolute Gasteiger partial charge is 0.294 e. The van der Waals surface area contributed by atoms with E-state index in [0.717, 1.165) is 17.8 Å². The Labute approximate surface area is 126 Å². The summed E-state index contributed by atoms with van der Waals surface area (Å²) in [5.74, 6) is 0. The summed E-state index contributed by atoms with van der Waals surface area (Å²) < 4.78 is 22.9. The molecule has 1 heterocycles. The van der Waals surface area contributed by atoms with Crippen LogP contribution < -0.4 is 0 Å². The molecule has 0 saturated carbocycles. The Hall–Kier alpha value is -1.72. The molecule has 0 aliphatic heterocycles. The van der Waals surface area contributed by atoms with Crippen LogP contribution in [0.2, 0.25) is 0 Å². The van der Waals surface area contributed by atoms with Crippen molar-refractivity contribution in [2.45, 2.75) is 24.4 Å². The number of hydrogen-bond acceptors (Lipinski definition) is 4. The predicted molar refractivity (Wildman–Crippen MR) is 83.7 cm³/mol. The van der Waals surface area contributed by atoms with Crippen molar-refractivity contribution < 1.29 is 8.42 Å². The van der Waals surface area contributed by atoms with Crippen molar-refractivity contribution >= 4 is 9.84 Å². The predicted octanol–water partition coefficient (Wildman–Crippen LogP) is 2.68. The van der Waals surface area contributed by atoms with Gasteiger partial charge in [0.15, 0.2) is 9.84 Å². The topological polar surface area (TPSA) is 50.3 Å². The van der Waals surface area contributed by atoms with Gasteiger partial charge in [-0.3, -0.25) is 9.88 Å². The van der Waals surface area contributed by atoms with Gasteiger partial charge in [-0.1, -0.05) is 18.2 Å². The number of nitrogens with zero attached hydrogens (tertiary/aromatic N) is 2. The molecule has 0 saturated heterocycles. The second-order valence-electron chi connectivity index (χ2n) is 5.26. The van der Waals surface area contributed by atoms with Crippen molar-refractivity contribution in [3.8, 4) is 0 Å². The summed E-state index contributed by atoms with van der Waals surface area (Å²) in [5.41, 5.74) is 2.10. The van der Waals surface area contributed by atoms with Gasteiger partial charge in [0.2, 0.25) is 0 Å². The highest BCUT2D eigenvalue weighted by Crippen LogP contribution is 2.19. The summed E-state index contributed by atoms with van der Waals surface area (Å²) in [6.07, 6.45) is 3.01. The van der Waals surface area contributed by atoms with E-state index in [1.165, 1.54) is 6.26 Å². The number of pyridine rings is 1. The van der Waals surface area contributed by atoms with Crippen molar-refractivity contribution in [1.29, 1.82) is 0 Å². The third kappa shape index (κ3) is 4.12. The fourth-order valence-corrected chi connectivity index (χ4v) is 2.75. The molecule has 0 spiro atoms. The van der Waals surface area contributed by atoms with Crippen molar-refractivity contribution in [1.82, 2.24) is 9.88 Å². The average molecular weight is 304 g/mol. The molecule has 0 aliphatic carbocycles. The molecule has 21 heavy (non-hydrogen) atoms. The van der Waals surface area contributed by atoms with Crippen LogP contribution in [0, 0.1) is 0 Å². The molecule has 0 N–H and O–H groups in total. The first-order valence-electron chi connectivity index (χ1n) is 6.78. The lowest BCUT2D eigenvalue weighted by Crippen LogP contribution is -2.22. The zero-order chi connectivity index (χ0) is 15.5. The normalized spacial score (nSPS) is 13.3. The summed E-state index contributed by atoms with van der Waals surface area (Å²) in [5, 5.41) is 0. The van der Waals surface area contributed by atoms with E-state index in [9.17, 15) is 8.42 Å². The van der Waals surface area contributed by atoms with Crippen molar-refractivity contribution in [3.05, 3.63) is 59.9 Å². The molecule has 2 aromatic rings. The fraction of sp³-hybridized carbons (Fsp3) is 0.312. The first kappa shape index (κ1) is 15.7. The van der Waals surface area contributed by atoms with Crippen LogP contribution in [-0.4, -0.2) is 31.6 Å². The Morgan fingerprint density at radius 1 is 1.14 bits per heavy atom. The minimum Gasteiger partial charge on any atom is -0.294 e. The van der Waals surface area contributed by atoms with Crippen molar-refractivity contribution in [3.63, 3.8) is 0 Å². The van der Waals surface area contributed by atoms with E-state index >= 15 is 0 Å². The monoisotopic (exact) mass is 304 g/mol. The molecule has 0 unspecified atom stereocenters. The van der Waals surface area contributed by atoms with Crippen LogP contribution >= 0.6 is 0 Å². The lowest BCUT2D eigenvalue weighted by Gasteiger charge is -2.24. The number of benzene rings is 1. The molecule has 1 aromatic heterocycles. The lowest BCUT2D eigenvalue weighted by molar-refractivity contribution is 0.248. The van der Waals surface area contributed by atoms with Crippen LogP contribution in [0.4, 0.5) is 0 Å². The highest BCUT2D eigenvalue weighted by atomic mass is 32.2. The van der Waals surface area contributed by atoms with E-state index in [1.807, 2.05) is 37.4 Å². The Kier molecular flexibility index (Phi) is 4.75. The van der Waals surface area contributed by atoms with Gasteiger partial charge in [-0.05, 0) is 43.8 Å². The highest BCUT2D eigenvalue weighted by molar-refractivity contribution is 7.90. The van der Waals surface area contributed by atoms with E-state index in [4.69, 9.17) is 0 Å². The van der Waals surface area contributed by atoms with Crippen LogP contribution in [0.25, 0.3) is 0 Å². The van der Waals surface area contributed by atoms with Crippen molar-refractivity contribution in [2.24, 2.45) is 0 Å². The number of hydrogen-bond donors (Lipinski definition) is 0. The quantitative estimate of drug-likeness (QED) is 0.852. The fourth-order valence-electron chi connectivity index (χ4n) is 2.12. The molecule has 0 fully saturated rings. The SMILES string of the molecule is C[C@H](c1ccccn1)N(C)Cc1ccc(S(C)(=O)=O)cc1. The van der Waals surface area contributed by atoms with Crippen molar-refractivity contribution in [2.75, 3.05) is 13.3 Å². The van der Waals surface area contributed by atoms with Gasteiger partial charge in [0.05, 0.1) is 10.6 Å². The minimum atomic E-state index is -3.13. The molecule has 112 valence electrons. The highest BCUT2D eigenvalue weighted by Gasteiger charge is 2.13. The molecule has 5 heteroatoms. The Morgan fingerprint density at radius 2 is 1.81 bits per heavy atom. The summed E-state index contributed by atoms with van der Waals surface area (Å²) in [6, 6.07) is 13.1. The van der Waals surface area contributed by atoms with Gasteiger partial charge in [0.25, 0.3) is 0 Å². The molecular weight excluding hydrogens is 284 g/mol. The smallest absolute Gasteiger partial charge is 0.175 e. The van der Waals surface area contributed by atoms with Gasteiger partial charge >= 0.3 is 0 Å². The zero-order valence-corrected chi connectivity index (χ0v) is 13.3. The maximum atomic E-state index is 11.4. The molecule has 4 nitrogen and oxygen atoms in total. The molecule has 0 amide bonds. The standard InChI is InChI=1S/C16H20N2O2S/c1-13(16-6-4-5-11-17-16)18(2)12-14-7-9-15(10-8-14)21(3,19)20/h4-11,13H,12H2,1-3H3/t13-/m1/s1. The van der Waals surface area contributed by atoms with Gasteiger partial charge in [0.1, 0.15) is 0 Å². The molecule has 0 radical (unpaired) electrons. The second-order valence-corrected chi connectivity index (χ2v) is 7.28. The minimum absolute atomic E-state index is 0.195. The van der Waals surface area contributed by atoms with E-state index < -0.39 is 9.84 Å². The van der Waals surface area contributed by atoms with E-state index in [0.29, 0.717) is 4.90 Å². The number of aromatic nitrogens is 1. The Balaban J connectivity index is 2.08. The maximum absolute atomic E-state index is 11.4. The summed E-state index contributed by atoms with van der Waals surface area (Å²) in [7, 11) is -1.10. The first-order chi connectivity index (χ1) is 9.88. The molecule has 1 aromatic carbocycles. The van der Waals surface area contributed by atoms with Crippen LogP contribution in [0.5, 0.6) is 0 Å². The summed E-state index contributed by atoms with van der Waals surface area (Å²) >= 11 is 0. The van der Waals surface area contributed by atoms with Gasteiger partial charge in [0, 0.05) is 25.0 Å². The molecule has 2 rings (SSSR count). The molecule has 0 aliphatic rings. The van der Waals surface area contributed by atoms with Gasteiger partial charge < -0.3 is 0 Å². The van der Waals surface area contributed by atoms with Crippen LogP contribution in [0.15, 0.2) is 53.6 Å². The van der Waals surface area contributed by atoms with Gasteiger partial charge in [-0.25, -0.2) is 8.42 Å². The average Bonchev–Trinajstić information content (AvgIpc) is 2.47. The maximum Gasteiger partial charge on any atom is 0.175 e. The second kappa shape index (κ2) is 6.37. The molecular formula is C16H20N2O2S. The van der Waals surface area contributed by atoms with Crippen LogP contribution in [0.3, 0.4) is 0 Å². The van der Waals surface area contributed by atoms with Crippen LogP contribution in [-0.2, 0) is 16.4 Å². The number of sulfone groups is 1. The van der Waals surface area contributed by atoms with E-state index in [2.05, 4.69) is 16.8 Å². The third-order valence-electron chi connectivity index (χ3n) is 3.56. The molecule has 0 bridgehead atoms. The van der Waals surface area contributed by atoms with E-state index in [1.54, 1.807) is 18.3 Å². The number of rotatable bonds is 5. The molecule has 1 atom stereocenters.